The van der Waals surface area contributed by atoms with Crippen LogP contribution < -0.4 is 10.6 Å². The zero-order valence-electron chi connectivity index (χ0n) is 11.8. The third-order valence-corrected chi connectivity index (χ3v) is 2.66. The number of hydrogen-bond acceptors (Lipinski definition) is 4. The van der Waals surface area contributed by atoms with Gasteiger partial charge < -0.3 is 20.5 Å². The normalized spacial score (nSPS) is 11.8. The van der Waals surface area contributed by atoms with Gasteiger partial charge in [0.05, 0.1) is 19.3 Å². The van der Waals surface area contributed by atoms with E-state index < -0.39 is 17.8 Å². The van der Waals surface area contributed by atoms with E-state index in [2.05, 4.69) is 10.6 Å². The minimum absolute atomic E-state index is 0.151. The summed E-state index contributed by atoms with van der Waals surface area (Å²) in [5.74, 6) is -1.42. The highest BCUT2D eigenvalue weighted by Gasteiger charge is 2.09. The number of rotatable bonds is 8. The molecule has 3 N–H and O–H groups in total. The lowest BCUT2D eigenvalue weighted by molar-refractivity contribution is -0.120. The Bertz CT molecular complexity index is 482. The molecule has 0 bridgehead atoms. The molecule has 0 fully saturated rings. The van der Waals surface area contributed by atoms with Crippen molar-refractivity contribution in [3.63, 3.8) is 0 Å². The number of hydrogen-bond donors (Lipinski definition) is 3. The number of benzene rings is 1. The molecule has 6 nitrogen and oxygen atoms in total. The lowest BCUT2D eigenvalue weighted by Gasteiger charge is -2.10. The molecule has 0 aliphatic carbocycles. The van der Waals surface area contributed by atoms with Crippen LogP contribution in [0.15, 0.2) is 24.3 Å². The average Bonchev–Trinajstić information content (AvgIpc) is 2.45. The smallest absolute Gasteiger partial charge is 0.251 e. The van der Waals surface area contributed by atoms with E-state index in [1.54, 1.807) is 0 Å². The van der Waals surface area contributed by atoms with Gasteiger partial charge in [-0.05, 0) is 24.6 Å². The highest BCUT2D eigenvalue weighted by molar-refractivity contribution is 5.96. The Morgan fingerprint density at radius 2 is 2.14 bits per heavy atom. The van der Waals surface area contributed by atoms with Gasteiger partial charge in [-0.2, -0.15) is 0 Å². The molecule has 0 aromatic heterocycles. The van der Waals surface area contributed by atoms with E-state index in [0.717, 1.165) is 6.07 Å². The molecule has 0 saturated heterocycles. The van der Waals surface area contributed by atoms with Gasteiger partial charge in [-0.3, -0.25) is 9.59 Å². The number of carbonyl (C=O) groups excluding carboxylic acids is 2. The van der Waals surface area contributed by atoms with Crippen molar-refractivity contribution in [1.29, 1.82) is 0 Å². The van der Waals surface area contributed by atoms with Gasteiger partial charge in [0.15, 0.2) is 0 Å². The molecule has 0 heterocycles. The van der Waals surface area contributed by atoms with E-state index in [4.69, 9.17) is 4.74 Å². The van der Waals surface area contributed by atoms with Crippen molar-refractivity contribution in [1.82, 2.24) is 10.6 Å². The molecule has 1 aromatic rings. The van der Waals surface area contributed by atoms with E-state index in [1.807, 2.05) is 0 Å². The van der Waals surface area contributed by atoms with Gasteiger partial charge in [0.2, 0.25) is 5.91 Å². The van der Waals surface area contributed by atoms with Gasteiger partial charge in [0.25, 0.3) is 5.91 Å². The number of ether oxygens (including phenoxy) is 1. The first-order valence-electron chi connectivity index (χ1n) is 6.50. The van der Waals surface area contributed by atoms with E-state index in [1.165, 1.54) is 25.3 Å². The first-order chi connectivity index (χ1) is 10.0. The van der Waals surface area contributed by atoms with Crippen LogP contribution in [0.2, 0.25) is 0 Å². The van der Waals surface area contributed by atoms with E-state index >= 15 is 0 Å². The Labute approximate surface area is 122 Å². The molecule has 21 heavy (non-hydrogen) atoms. The third kappa shape index (κ3) is 6.82. The van der Waals surface area contributed by atoms with Crippen molar-refractivity contribution >= 4 is 11.8 Å². The Hall–Kier alpha value is -1.99. The van der Waals surface area contributed by atoms with Crippen molar-refractivity contribution in [2.75, 3.05) is 26.8 Å². The van der Waals surface area contributed by atoms with Crippen molar-refractivity contribution in [2.45, 2.75) is 12.5 Å². The predicted molar refractivity (Wildman–Crippen MR) is 74.2 cm³/mol. The van der Waals surface area contributed by atoms with Crippen LogP contribution in [0.25, 0.3) is 0 Å². The molecule has 0 aliphatic rings. The molecule has 116 valence electrons. The fourth-order valence-electron chi connectivity index (χ4n) is 1.61. The van der Waals surface area contributed by atoms with Gasteiger partial charge in [-0.25, -0.2) is 4.39 Å². The topological polar surface area (TPSA) is 87.7 Å². The van der Waals surface area contributed by atoms with Gasteiger partial charge in [-0.1, -0.05) is 6.07 Å². The Balaban J connectivity index is 2.25. The van der Waals surface area contributed by atoms with Crippen LogP contribution in [0.3, 0.4) is 0 Å². The van der Waals surface area contributed by atoms with Crippen LogP contribution in [-0.4, -0.2) is 49.8 Å². The van der Waals surface area contributed by atoms with Crippen LogP contribution in [0.5, 0.6) is 0 Å². The van der Waals surface area contributed by atoms with Crippen molar-refractivity contribution in [3.8, 4) is 0 Å². The minimum Gasteiger partial charge on any atom is -0.391 e. The number of nitrogens with one attached hydrogen (secondary N) is 2. The lowest BCUT2D eigenvalue weighted by Crippen LogP contribution is -2.38. The van der Waals surface area contributed by atoms with Crippen LogP contribution >= 0.6 is 0 Å². The Kier molecular flexibility index (Phi) is 7.34. The third-order valence-electron chi connectivity index (χ3n) is 2.66. The maximum absolute atomic E-state index is 12.9. The first-order valence-corrected chi connectivity index (χ1v) is 6.50. The SMILES string of the molecule is COCC(O)CCNC(=O)CNC(=O)c1cccc(F)c1. The second-order valence-electron chi connectivity index (χ2n) is 4.44. The monoisotopic (exact) mass is 298 g/mol. The maximum atomic E-state index is 12.9. The molecule has 0 radical (unpaired) electrons. The molecule has 0 aliphatic heterocycles. The van der Waals surface area contributed by atoms with Crippen molar-refractivity contribution < 1.29 is 23.8 Å². The summed E-state index contributed by atoms with van der Waals surface area (Å²) < 4.78 is 17.7. The molecule has 1 unspecified atom stereocenters. The molecular weight excluding hydrogens is 279 g/mol. The number of carbonyl (C=O) groups is 2. The molecule has 1 rings (SSSR count). The second kappa shape index (κ2) is 9.04. The van der Waals surface area contributed by atoms with Crippen LogP contribution in [0, 0.1) is 5.82 Å². The molecular formula is C14H19FN2O4. The summed E-state index contributed by atoms with van der Waals surface area (Å²) in [5.41, 5.74) is 0.151. The highest BCUT2D eigenvalue weighted by Crippen LogP contribution is 2.02. The van der Waals surface area contributed by atoms with Gasteiger partial charge in [0.1, 0.15) is 5.82 Å². The molecule has 1 atom stereocenters. The van der Waals surface area contributed by atoms with Crippen LogP contribution in [-0.2, 0) is 9.53 Å². The second-order valence-corrected chi connectivity index (χ2v) is 4.44. The number of methoxy groups -OCH3 is 1. The molecule has 0 spiro atoms. The minimum atomic E-state index is -0.641. The summed E-state index contributed by atoms with van der Waals surface area (Å²) in [4.78, 5) is 23.1. The zero-order valence-corrected chi connectivity index (χ0v) is 11.8. The summed E-state index contributed by atoms with van der Waals surface area (Å²) in [6, 6.07) is 5.20. The van der Waals surface area contributed by atoms with Crippen LogP contribution in [0.1, 0.15) is 16.8 Å². The van der Waals surface area contributed by atoms with Crippen LogP contribution in [0.4, 0.5) is 4.39 Å². The first kappa shape index (κ1) is 17.1. The molecule has 0 saturated carbocycles. The molecule has 1 aromatic carbocycles. The summed E-state index contributed by atoms with van der Waals surface area (Å²) in [7, 11) is 1.48. The number of amides is 2. The average molecular weight is 298 g/mol. The molecule has 2 amide bonds. The fraction of sp³-hybridized carbons (Fsp3) is 0.429. The van der Waals surface area contributed by atoms with Crippen molar-refractivity contribution in [3.05, 3.63) is 35.6 Å². The van der Waals surface area contributed by atoms with Crippen molar-refractivity contribution in [2.24, 2.45) is 0 Å². The summed E-state index contributed by atoms with van der Waals surface area (Å²) in [5, 5.41) is 14.3. The largest absolute Gasteiger partial charge is 0.391 e. The summed E-state index contributed by atoms with van der Waals surface area (Å²) in [6.45, 7) is 0.265. The van der Waals surface area contributed by atoms with E-state index in [-0.39, 0.29) is 31.2 Å². The Morgan fingerprint density at radius 3 is 2.81 bits per heavy atom. The number of aliphatic hydroxyl groups is 1. The summed E-state index contributed by atoms with van der Waals surface area (Å²) in [6.07, 6.45) is -0.283. The van der Waals surface area contributed by atoms with Gasteiger partial charge >= 0.3 is 0 Å². The molecule has 7 heteroatoms. The fourth-order valence-corrected chi connectivity index (χ4v) is 1.61. The van der Waals surface area contributed by atoms with E-state index in [0.29, 0.717) is 6.42 Å². The van der Waals surface area contributed by atoms with Gasteiger partial charge in [0, 0.05) is 19.2 Å². The van der Waals surface area contributed by atoms with E-state index in [9.17, 15) is 19.1 Å². The number of halogens is 1. The zero-order chi connectivity index (χ0) is 15.7. The standard InChI is InChI=1S/C14H19FN2O4/c1-21-9-12(18)5-6-16-13(19)8-17-14(20)10-3-2-4-11(15)7-10/h2-4,7,12,18H,5-6,8-9H2,1H3,(H,16,19)(H,17,20). The number of aliphatic hydroxyl groups excluding tert-OH is 1. The quantitative estimate of drug-likeness (QED) is 0.634. The predicted octanol–water partition coefficient (Wildman–Crippen LogP) is 0.0691. The Morgan fingerprint density at radius 1 is 1.38 bits per heavy atom. The lowest BCUT2D eigenvalue weighted by atomic mass is 10.2. The highest BCUT2D eigenvalue weighted by atomic mass is 19.1. The summed E-state index contributed by atoms with van der Waals surface area (Å²) >= 11 is 0. The maximum Gasteiger partial charge on any atom is 0.251 e. The van der Waals surface area contributed by atoms with Gasteiger partial charge in [-0.15, -0.1) is 0 Å².